The molecule has 0 fully saturated rings. The average molecular weight is 335 g/mol. The minimum atomic E-state index is -0.933. The van der Waals surface area contributed by atoms with Crippen molar-refractivity contribution >= 4 is 23.0 Å². The molecule has 2 rings (SSSR count). The maximum atomic E-state index is 12.3. The van der Waals surface area contributed by atoms with Crippen LogP contribution < -0.4 is 5.32 Å². The zero-order chi connectivity index (χ0) is 18.0. The average Bonchev–Trinajstić information content (AvgIpc) is 2.90. The minimum Gasteiger partial charge on any atom is -0.506 e. The summed E-state index contributed by atoms with van der Waals surface area (Å²) < 4.78 is 1.15. The van der Waals surface area contributed by atoms with Crippen molar-refractivity contribution in [2.75, 3.05) is 5.32 Å². The highest BCUT2D eigenvalue weighted by Gasteiger charge is 2.24. The molecule has 1 heterocycles. The molecular formula is C13H13N5O6. The largest absolute Gasteiger partial charge is 0.506 e. The summed E-state index contributed by atoms with van der Waals surface area (Å²) in [5.74, 6) is -0.990. The number of amides is 1. The molecule has 0 saturated heterocycles. The number of carbonyl (C=O) groups is 1. The van der Waals surface area contributed by atoms with Crippen molar-refractivity contribution in [1.29, 1.82) is 0 Å². The number of rotatable bonds is 5. The molecule has 126 valence electrons. The Hall–Kier alpha value is -3.50. The molecule has 1 amide bonds. The van der Waals surface area contributed by atoms with Gasteiger partial charge in [0.15, 0.2) is 0 Å². The van der Waals surface area contributed by atoms with Crippen LogP contribution in [0.4, 0.5) is 17.1 Å². The maximum absolute atomic E-state index is 12.3. The number of nitrogens with one attached hydrogen (secondary N) is 1. The zero-order valence-electron chi connectivity index (χ0n) is 12.7. The number of non-ortho nitro benzene ring substituents is 1. The van der Waals surface area contributed by atoms with Gasteiger partial charge in [0.2, 0.25) is 5.91 Å². The molecule has 1 aromatic carbocycles. The van der Waals surface area contributed by atoms with Crippen LogP contribution in [0.25, 0.3) is 0 Å². The van der Waals surface area contributed by atoms with E-state index >= 15 is 0 Å². The molecule has 0 radical (unpaired) electrons. The van der Waals surface area contributed by atoms with Crippen LogP contribution in [0, 0.1) is 27.2 Å². The molecule has 11 heteroatoms. The van der Waals surface area contributed by atoms with Crippen molar-refractivity contribution in [3.8, 4) is 5.75 Å². The van der Waals surface area contributed by atoms with E-state index in [1.807, 2.05) is 0 Å². The number of phenolic OH excluding ortho intramolecular Hbond substituents is 1. The number of anilines is 1. The quantitative estimate of drug-likeness (QED) is 0.480. The lowest BCUT2D eigenvalue weighted by Crippen LogP contribution is -2.25. The lowest BCUT2D eigenvalue weighted by molar-refractivity contribution is -0.385. The van der Waals surface area contributed by atoms with Gasteiger partial charge in [-0.3, -0.25) is 29.7 Å². The SMILES string of the molecule is Cc1c([N+](=O)[O-])cnn1C(C)C(=O)Nc1cc([N+](=O)[O-])ccc1O. The number of hydrogen-bond donors (Lipinski definition) is 2. The highest BCUT2D eigenvalue weighted by atomic mass is 16.6. The van der Waals surface area contributed by atoms with Gasteiger partial charge < -0.3 is 10.4 Å². The van der Waals surface area contributed by atoms with Gasteiger partial charge in [-0.1, -0.05) is 0 Å². The molecule has 0 aliphatic carbocycles. The Morgan fingerprint density at radius 2 is 2.00 bits per heavy atom. The number of nitro benzene ring substituents is 1. The lowest BCUT2D eigenvalue weighted by Gasteiger charge is -2.14. The van der Waals surface area contributed by atoms with Gasteiger partial charge in [0, 0.05) is 12.1 Å². The normalized spacial score (nSPS) is 11.8. The fraction of sp³-hybridized carbons (Fsp3) is 0.231. The summed E-state index contributed by atoms with van der Waals surface area (Å²) in [6.45, 7) is 2.90. The predicted molar refractivity (Wildman–Crippen MR) is 81.7 cm³/mol. The van der Waals surface area contributed by atoms with Gasteiger partial charge >= 0.3 is 5.69 Å². The first-order valence-electron chi connectivity index (χ1n) is 6.69. The molecule has 1 aromatic heterocycles. The van der Waals surface area contributed by atoms with Crippen molar-refractivity contribution in [1.82, 2.24) is 9.78 Å². The van der Waals surface area contributed by atoms with E-state index in [0.717, 1.165) is 29.1 Å². The maximum Gasteiger partial charge on any atom is 0.309 e. The molecule has 1 atom stereocenters. The van der Waals surface area contributed by atoms with Gasteiger partial charge in [0.25, 0.3) is 5.69 Å². The summed E-state index contributed by atoms with van der Waals surface area (Å²) in [7, 11) is 0. The van der Waals surface area contributed by atoms with Crippen molar-refractivity contribution in [3.63, 3.8) is 0 Å². The third-order valence-corrected chi connectivity index (χ3v) is 3.41. The first-order valence-corrected chi connectivity index (χ1v) is 6.69. The Balaban J connectivity index is 2.25. The Bertz CT molecular complexity index is 830. The van der Waals surface area contributed by atoms with Crippen LogP contribution in [0.2, 0.25) is 0 Å². The van der Waals surface area contributed by atoms with Gasteiger partial charge in [0.1, 0.15) is 23.7 Å². The van der Waals surface area contributed by atoms with Crippen LogP contribution in [-0.2, 0) is 4.79 Å². The first-order chi connectivity index (χ1) is 11.2. The Morgan fingerprint density at radius 1 is 1.33 bits per heavy atom. The number of hydrogen-bond acceptors (Lipinski definition) is 7. The Kier molecular flexibility index (Phi) is 4.44. The number of nitro groups is 2. The van der Waals surface area contributed by atoms with Crippen LogP contribution >= 0.6 is 0 Å². The van der Waals surface area contributed by atoms with E-state index in [1.165, 1.54) is 13.8 Å². The van der Waals surface area contributed by atoms with Crippen LogP contribution in [0.3, 0.4) is 0 Å². The summed E-state index contributed by atoms with van der Waals surface area (Å²) in [6, 6.07) is 2.26. The Morgan fingerprint density at radius 3 is 2.54 bits per heavy atom. The number of nitrogens with zero attached hydrogens (tertiary/aromatic N) is 4. The fourth-order valence-corrected chi connectivity index (χ4v) is 2.07. The molecule has 11 nitrogen and oxygen atoms in total. The van der Waals surface area contributed by atoms with Crippen molar-refractivity contribution in [2.45, 2.75) is 19.9 Å². The van der Waals surface area contributed by atoms with Crippen LogP contribution in [0.15, 0.2) is 24.4 Å². The molecule has 0 bridgehead atoms. The second-order valence-electron chi connectivity index (χ2n) is 4.94. The zero-order valence-corrected chi connectivity index (χ0v) is 12.7. The second-order valence-corrected chi connectivity index (χ2v) is 4.94. The predicted octanol–water partition coefficient (Wildman–Crippen LogP) is 1.91. The molecule has 2 aromatic rings. The van der Waals surface area contributed by atoms with E-state index in [9.17, 15) is 30.1 Å². The topological polar surface area (TPSA) is 153 Å². The molecule has 0 aliphatic heterocycles. The standard InChI is InChI=1S/C13H13N5O6/c1-7-11(18(23)24)6-14-16(7)8(2)13(20)15-10-5-9(17(21)22)3-4-12(10)19/h3-6,8,19H,1-2H3,(H,15,20). The Labute approximate surface area is 134 Å². The van der Waals surface area contributed by atoms with E-state index in [2.05, 4.69) is 10.4 Å². The van der Waals surface area contributed by atoms with Crippen molar-refractivity contribution < 1.29 is 19.7 Å². The fourth-order valence-electron chi connectivity index (χ4n) is 2.07. The van der Waals surface area contributed by atoms with Gasteiger partial charge in [-0.05, 0) is 19.9 Å². The number of benzene rings is 1. The minimum absolute atomic E-state index is 0.139. The third kappa shape index (κ3) is 3.14. The van der Waals surface area contributed by atoms with E-state index < -0.39 is 21.8 Å². The smallest absolute Gasteiger partial charge is 0.309 e. The van der Waals surface area contributed by atoms with Gasteiger partial charge in [-0.15, -0.1) is 0 Å². The number of phenols is 1. The molecule has 1 unspecified atom stereocenters. The summed E-state index contributed by atoms with van der Waals surface area (Å²) >= 11 is 0. The molecule has 24 heavy (non-hydrogen) atoms. The van der Waals surface area contributed by atoms with E-state index in [1.54, 1.807) is 0 Å². The number of carbonyl (C=O) groups excluding carboxylic acids is 1. The van der Waals surface area contributed by atoms with Crippen LogP contribution in [0.5, 0.6) is 5.75 Å². The van der Waals surface area contributed by atoms with E-state index in [4.69, 9.17) is 0 Å². The van der Waals surface area contributed by atoms with E-state index in [0.29, 0.717) is 0 Å². The summed E-state index contributed by atoms with van der Waals surface area (Å²) in [6.07, 6.45) is 1.03. The van der Waals surface area contributed by atoms with Gasteiger partial charge in [0.05, 0.1) is 15.5 Å². The summed E-state index contributed by atoms with van der Waals surface area (Å²) in [5, 5.41) is 37.4. The number of aromatic nitrogens is 2. The first kappa shape index (κ1) is 16.9. The molecule has 2 N–H and O–H groups in total. The van der Waals surface area contributed by atoms with Crippen molar-refractivity contribution in [3.05, 3.63) is 50.3 Å². The van der Waals surface area contributed by atoms with Crippen LogP contribution in [-0.4, -0.2) is 30.6 Å². The highest BCUT2D eigenvalue weighted by molar-refractivity contribution is 5.95. The summed E-state index contributed by atoms with van der Waals surface area (Å²) in [4.78, 5) is 32.5. The molecular weight excluding hydrogens is 322 g/mol. The molecule has 0 saturated carbocycles. The molecule has 0 spiro atoms. The second kappa shape index (κ2) is 6.32. The lowest BCUT2D eigenvalue weighted by atomic mass is 10.2. The third-order valence-electron chi connectivity index (χ3n) is 3.41. The monoisotopic (exact) mass is 335 g/mol. The summed E-state index contributed by atoms with van der Waals surface area (Å²) in [5.41, 5.74) is -0.485. The molecule has 0 aliphatic rings. The van der Waals surface area contributed by atoms with Gasteiger partial charge in [-0.25, -0.2) is 0 Å². The van der Waals surface area contributed by atoms with Crippen molar-refractivity contribution in [2.24, 2.45) is 0 Å². The van der Waals surface area contributed by atoms with E-state index in [-0.39, 0.29) is 28.5 Å². The van der Waals surface area contributed by atoms with Gasteiger partial charge in [-0.2, -0.15) is 5.10 Å². The number of aromatic hydroxyl groups is 1. The van der Waals surface area contributed by atoms with Crippen LogP contribution in [0.1, 0.15) is 18.7 Å². The highest BCUT2D eigenvalue weighted by Crippen LogP contribution is 2.29.